The molecule has 2 fully saturated rings. The van der Waals surface area contributed by atoms with E-state index in [9.17, 15) is 9.90 Å². The minimum atomic E-state index is 0.0516. The molecule has 1 aliphatic carbocycles. The van der Waals surface area contributed by atoms with Crippen molar-refractivity contribution in [1.82, 2.24) is 4.90 Å². The van der Waals surface area contributed by atoms with Crippen molar-refractivity contribution >= 4 is 11.6 Å². The van der Waals surface area contributed by atoms with Gasteiger partial charge in [-0.05, 0) is 55.2 Å². The SMILES string of the molecule is O=C(c1ccc(OCC2CC2)cc1)N1CCN(c2ccccc2O)CC1. The number of carbonyl (C=O) groups excluding carboxylic acids is 1. The zero-order chi connectivity index (χ0) is 17.9. The third-order valence-corrected chi connectivity index (χ3v) is 5.07. The van der Waals surface area contributed by atoms with Crippen LogP contribution in [0.2, 0.25) is 0 Å². The monoisotopic (exact) mass is 352 g/mol. The maximum absolute atomic E-state index is 12.7. The molecule has 1 heterocycles. The first kappa shape index (κ1) is 16.8. The fourth-order valence-corrected chi connectivity index (χ4v) is 3.26. The number of ether oxygens (including phenoxy) is 1. The minimum absolute atomic E-state index is 0.0516. The van der Waals surface area contributed by atoms with Crippen LogP contribution in [-0.4, -0.2) is 48.7 Å². The molecule has 0 bridgehead atoms. The lowest BCUT2D eigenvalue weighted by atomic mass is 10.1. The van der Waals surface area contributed by atoms with Crippen LogP contribution < -0.4 is 9.64 Å². The van der Waals surface area contributed by atoms with E-state index in [2.05, 4.69) is 4.90 Å². The highest BCUT2D eigenvalue weighted by atomic mass is 16.5. The van der Waals surface area contributed by atoms with Crippen molar-refractivity contribution in [3.63, 3.8) is 0 Å². The summed E-state index contributed by atoms with van der Waals surface area (Å²) in [6.45, 7) is 3.50. The Morgan fingerprint density at radius 2 is 1.69 bits per heavy atom. The van der Waals surface area contributed by atoms with Crippen molar-refractivity contribution in [2.45, 2.75) is 12.8 Å². The first-order chi connectivity index (χ1) is 12.7. The van der Waals surface area contributed by atoms with Gasteiger partial charge < -0.3 is 19.6 Å². The number of piperazine rings is 1. The van der Waals surface area contributed by atoms with Crippen LogP contribution in [0.15, 0.2) is 48.5 Å². The van der Waals surface area contributed by atoms with Gasteiger partial charge in [0, 0.05) is 31.7 Å². The molecule has 136 valence electrons. The molecule has 0 spiro atoms. The van der Waals surface area contributed by atoms with Gasteiger partial charge in [0.05, 0.1) is 12.3 Å². The molecule has 2 aromatic carbocycles. The number of rotatable bonds is 5. The number of hydrogen-bond donors (Lipinski definition) is 1. The van der Waals surface area contributed by atoms with Crippen LogP contribution in [0.1, 0.15) is 23.2 Å². The second kappa shape index (κ2) is 7.28. The van der Waals surface area contributed by atoms with Gasteiger partial charge in [0.25, 0.3) is 5.91 Å². The van der Waals surface area contributed by atoms with Crippen molar-refractivity contribution in [2.75, 3.05) is 37.7 Å². The lowest BCUT2D eigenvalue weighted by Crippen LogP contribution is -2.48. The topological polar surface area (TPSA) is 53.0 Å². The Bertz CT molecular complexity index is 763. The summed E-state index contributed by atoms with van der Waals surface area (Å²) >= 11 is 0. The fourth-order valence-electron chi connectivity index (χ4n) is 3.26. The fraction of sp³-hybridized carbons (Fsp3) is 0.381. The van der Waals surface area contributed by atoms with E-state index in [0.29, 0.717) is 31.7 Å². The molecule has 0 unspecified atom stereocenters. The standard InChI is InChI=1S/C21H24N2O3/c24-20-4-2-1-3-19(20)22-11-13-23(14-12-22)21(25)17-7-9-18(10-8-17)26-15-16-5-6-16/h1-4,7-10,16,24H,5-6,11-15H2. The van der Waals surface area contributed by atoms with Crippen LogP contribution in [-0.2, 0) is 0 Å². The highest BCUT2D eigenvalue weighted by molar-refractivity contribution is 5.94. The summed E-state index contributed by atoms with van der Waals surface area (Å²) in [5.74, 6) is 1.89. The van der Waals surface area contributed by atoms with Crippen LogP contribution >= 0.6 is 0 Å². The van der Waals surface area contributed by atoms with E-state index < -0.39 is 0 Å². The predicted octanol–water partition coefficient (Wildman–Crippen LogP) is 3.14. The van der Waals surface area contributed by atoms with Gasteiger partial charge in [-0.2, -0.15) is 0 Å². The maximum Gasteiger partial charge on any atom is 0.253 e. The van der Waals surface area contributed by atoms with E-state index in [-0.39, 0.29) is 11.7 Å². The molecule has 1 N–H and O–H groups in total. The van der Waals surface area contributed by atoms with Gasteiger partial charge in [0.2, 0.25) is 0 Å². The number of hydrogen-bond acceptors (Lipinski definition) is 4. The Morgan fingerprint density at radius 1 is 1.00 bits per heavy atom. The molecule has 0 atom stereocenters. The van der Waals surface area contributed by atoms with Gasteiger partial charge in [-0.25, -0.2) is 0 Å². The average Bonchev–Trinajstić information content (AvgIpc) is 3.51. The van der Waals surface area contributed by atoms with Crippen LogP contribution in [0, 0.1) is 5.92 Å². The number of para-hydroxylation sites is 2. The molecule has 4 rings (SSSR count). The molecule has 1 saturated carbocycles. The Kier molecular flexibility index (Phi) is 4.69. The van der Waals surface area contributed by atoms with Gasteiger partial charge >= 0.3 is 0 Å². The number of benzene rings is 2. The van der Waals surface area contributed by atoms with Gasteiger partial charge in [-0.15, -0.1) is 0 Å². The Labute approximate surface area is 153 Å². The molecule has 0 aromatic heterocycles. The third kappa shape index (κ3) is 3.77. The van der Waals surface area contributed by atoms with E-state index in [1.54, 1.807) is 6.07 Å². The molecule has 2 aromatic rings. The predicted molar refractivity (Wildman–Crippen MR) is 101 cm³/mol. The van der Waals surface area contributed by atoms with Crippen molar-refractivity contribution in [1.29, 1.82) is 0 Å². The highest BCUT2D eigenvalue weighted by Gasteiger charge is 2.24. The Hall–Kier alpha value is -2.69. The number of phenolic OH excluding ortho intramolecular Hbond substituents is 1. The van der Waals surface area contributed by atoms with Crippen molar-refractivity contribution < 1.29 is 14.6 Å². The Morgan fingerprint density at radius 3 is 2.35 bits per heavy atom. The first-order valence-corrected chi connectivity index (χ1v) is 9.26. The smallest absolute Gasteiger partial charge is 0.253 e. The normalized spacial score (nSPS) is 17.2. The number of carbonyl (C=O) groups is 1. The summed E-state index contributed by atoms with van der Waals surface area (Å²) < 4.78 is 5.73. The average molecular weight is 352 g/mol. The molecular weight excluding hydrogens is 328 g/mol. The summed E-state index contributed by atoms with van der Waals surface area (Å²) in [6.07, 6.45) is 2.53. The molecule has 0 radical (unpaired) electrons. The van der Waals surface area contributed by atoms with E-state index >= 15 is 0 Å². The van der Waals surface area contributed by atoms with Crippen molar-refractivity contribution in [3.8, 4) is 11.5 Å². The summed E-state index contributed by atoms with van der Waals surface area (Å²) in [4.78, 5) is 16.7. The number of aromatic hydroxyl groups is 1. The number of amides is 1. The molecule has 5 nitrogen and oxygen atoms in total. The molecule has 26 heavy (non-hydrogen) atoms. The van der Waals surface area contributed by atoms with E-state index in [1.807, 2.05) is 47.4 Å². The van der Waals surface area contributed by atoms with Crippen LogP contribution in [0.5, 0.6) is 11.5 Å². The second-order valence-corrected chi connectivity index (χ2v) is 7.05. The van der Waals surface area contributed by atoms with Crippen LogP contribution in [0.3, 0.4) is 0 Å². The van der Waals surface area contributed by atoms with E-state index in [4.69, 9.17) is 4.74 Å². The summed E-state index contributed by atoms with van der Waals surface area (Å²) in [5.41, 5.74) is 1.52. The largest absolute Gasteiger partial charge is 0.506 e. The summed E-state index contributed by atoms with van der Waals surface area (Å²) in [6, 6.07) is 14.8. The van der Waals surface area contributed by atoms with Crippen molar-refractivity contribution in [3.05, 3.63) is 54.1 Å². The van der Waals surface area contributed by atoms with Crippen molar-refractivity contribution in [2.24, 2.45) is 5.92 Å². The Balaban J connectivity index is 1.33. The highest BCUT2D eigenvalue weighted by Crippen LogP contribution is 2.30. The maximum atomic E-state index is 12.7. The van der Waals surface area contributed by atoms with Gasteiger partial charge in [-0.3, -0.25) is 4.79 Å². The molecule has 2 aliphatic rings. The van der Waals surface area contributed by atoms with E-state index in [1.165, 1.54) is 12.8 Å². The molecule has 1 aliphatic heterocycles. The summed E-state index contributed by atoms with van der Waals surface area (Å²) in [5, 5.41) is 9.99. The van der Waals surface area contributed by atoms with Crippen LogP contribution in [0.25, 0.3) is 0 Å². The lowest BCUT2D eigenvalue weighted by molar-refractivity contribution is 0.0746. The molecule has 1 saturated heterocycles. The second-order valence-electron chi connectivity index (χ2n) is 7.05. The first-order valence-electron chi connectivity index (χ1n) is 9.26. The third-order valence-electron chi connectivity index (χ3n) is 5.07. The molecule has 1 amide bonds. The lowest BCUT2D eigenvalue weighted by Gasteiger charge is -2.36. The number of nitrogens with zero attached hydrogens (tertiary/aromatic N) is 2. The number of phenols is 1. The number of anilines is 1. The zero-order valence-electron chi connectivity index (χ0n) is 14.8. The molecular formula is C21H24N2O3. The van der Waals surface area contributed by atoms with Crippen LogP contribution in [0.4, 0.5) is 5.69 Å². The van der Waals surface area contributed by atoms with Gasteiger partial charge in [0.1, 0.15) is 11.5 Å². The summed E-state index contributed by atoms with van der Waals surface area (Å²) in [7, 11) is 0. The quantitative estimate of drug-likeness (QED) is 0.898. The molecule has 5 heteroatoms. The van der Waals surface area contributed by atoms with E-state index in [0.717, 1.165) is 24.0 Å². The van der Waals surface area contributed by atoms with Gasteiger partial charge in [-0.1, -0.05) is 12.1 Å². The minimum Gasteiger partial charge on any atom is -0.506 e. The zero-order valence-corrected chi connectivity index (χ0v) is 14.8. The van der Waals surface area contributed by atoms with Gasteiger partial charge in [0.15, 0.2) is 0 Å².